The molecule has 1 aromatic carbocycles. The third-order valence-electron chi connectivity index (χ3n) is 3.62. The summed E-state index contributed by atoms with van der Waals surface area (Å²) in [5.74, 6) is 0.879. The highest BCUT2D eigenvalue weighted by molar-refractivity contribution is 9.10. The second kappa shape index (κ2) is 7.27. The predicted octanol–water partition coefficient (Wildman–Crippen LogP) is 3.29. The molecule has 1 heterocycles. The Morgan fingerprint density at radius 1 is 1.53 bits per heavy atom. The van der Waals surface area contributed by atoms with Gasteiger partial charge in [-0.25, -0.2) is 0 Å². The zero-order valence-corrected chi connectivity index (χ0v) is 13.0. The molecule has 2 unspecified atom stereocenters. The molecule has 0 amide bonds. The van der Waals surface area contributed by atoms with Gasteiger partial charge in [0.15, 0.2) is 0 Å². The fourth-order valence-electron chi connectivity index (χ4n) is 2.49. The molecule has 0 bridgehead atoms. The summed E-state index contributed by atoms with van der Waals surface area (Å²) in [6.45, 7) is 0.918. The van der Waals surface area contributed by atoms with Crippen molar-refractivity contribution in [1.82, 2.24) is 0 Å². The van der Waals surface area contributed by atoms with E-state index in [1.807, 2.05) is 12.1 Å². The van der Waals surface area contributed by atoms with Gasteiger partial charge >= 0.3 is 0 Å². The lowest BCUT2D eigenvalue weighted by molar-refractivity contribution is 0.101. The van der Waals surface area contributed by atoms with Crippen LogP contribution in [0.15, 0.2) is 22.7 Å². The van der Waals surface area contributed by atoms with Crippen molar-refractivity contribution in [3.8, 4) is 5.75 Å². The molecule has 19 heavy (non-hydrogen) atoms. The first-order valence-corrected chi connectivity index (χ1v) is 7.68. The molecule has 2 atom stereocenters. The van der Waals surface area contributed by atoms with Crippen LogP contribution in [-0.2, 0) is 11.2 Å². The van der Waals surface area contributed by atoms with Crippen molar-refractivity contribution in [3.63, 3.8) is 0 Å². The van der Waals surface area contributed by atoms with Gasteiger partial charge in [0, 0.05) is 17.1 Å². The molecule has 0 radical (unpaired) electrons. The van der Waals surface area contributed by atoms with Gasteiger partial charge in [-0.3, -0.25) is 0 Å². The second-order valence-electron chi connectivity index (χ2n) is 5.13. The van der Waals surface area contributed by atoms with E-state index in [1.54, 1.807) is 7.11 Å². The third kappa shape index (κ3) is 4.48. The number of nitrogens with two attached hydrogens (primary N) is 1. The molecule has 2 N–H and O–H groups in total. The van der Waals surface area contributed by atoms with E-state index in [4.69, 9.17) is 15.2 Å². The lowest BCUT2D eigenvalue weighted by atomic mass is 10.00. The summed E-state index contributed by atoms with van der Waals surface area (Å²) < 4.78 is 12.0. The molecule has 0 aliphatic carbocycles. The maximum atomic E-state index is 6.23. The largest absolute Gasteiger partial charge is 0.497 e. The summed E-state index contributed by atoms with van der Waals surface area (Å²) in [5, 5.41) is 0. The van der Waals surface area contributed by atoms with Crippen LogP contribution in [0.5, 0.6) is 5.75 Å². The first-order valence-electron chi connectivity index (χ1n) is 6.88. The van der Waals surface area contributed by atoms with E-state index < -0.39 is 0 Å². The topological polar surface area (TPSA) is 44.5 Å². The van der Waals surface area contributed by atoms with Crippen LogP contribution in [0.2, 0.25) is 0 Å². The number of rotatable bonds is 6. The summed E-state index contributed by atoms with van der Waals surface area (Å²) in [6.07, 6.45) is 5.76. The Bertz CT molecular complexity index is 405. The van der Waals surface area contributed by atoms with Crippen LogP contribution in [0.25, 0.3) is 0 Å². The Hall–Kier alpha value is -0.580. The van der Waals surface area contributed by atoms with E-state index in [0.717, 1.165) is 36.1 Å². The van der Waals surface area contributed by atoms with Gasteiger partial charge in [-0.2, -0.15) is 0 Å². The summed E-state index contributed by atoms with van der Waals surface area (Å²) in [5.41, 5.74) is 7.43. The van der Waals surface area contributed by atoms with Crippen molar-refractivity contribution in [2.24, 2.45) is 5.73 Å². The molecule has 0 saturated carbocycles. The van der Waals surface area contributed by atoms with E-state index in [-0.39, 0.29) is 6.04 Å². The minimum Gasteiger partial charge on any atom is -0.497 e. The van der Waals surface area contributed by atoms with Crippen LogP contribution < -0.4 is 10.5 Å². The molecule has 0 aromatic heterocycles. The molecule has 4 heteroatoms. The normalized spacial score (nSPS) is 20.5. The molecule has 1 aliphatic rings. The van der Waals surface area contributed by atoms with Gasteiger partial charge in [0.2, 0.25) is 0 Å². The van der Waals surface area contributed by atoms with Crippen molar-refractivity contribution in [1.29, 1.82) is 0 Å². The van der Waals surface area contributed by atoms with Crippen molar-refractivity contribution < 1.29 is 9.47 Å². The van der Waals surface area contributed by atoms with Gasteiger partial charge in [-0.05, 0) is 55.9 Å². The Morgan fingerprint density at radius 3 is 3.05 bits per heavy atom. The Labute approximate surface area is 123 Å². The number of benzene rings is 1. The van der Waals surface area contributed by atoms with Crippen LogP contribution in [0.4, 0.5) is 0 Å². The highest BCUT2D eigenvalue weighted by atomic mass is 79.9. The van der Waals surface area contributed by atoms with Crippen molar-refractivity contribution in [2.45, 2.75) is 44.2 Å². The van der Waals surface area contributed by atoms with Crippen LogP contribution in [0, 0.1) is 0 Å². The molecular formula is C15H22BrNO2. The SMILES string of the molecule is COc1ccc(Br)c(CC(N)CCC2CCCO2)c1. The Balaban J connectivity index is 1.85. The summed E-state index contributed by atoms with van der Waals surface area (Å²) >= 11 is 3.57. The van der Waals surface area contributed by atoms with Gasteiger partial charge in [0.05, 0.1) is 13.2 Å². The monoisotopic (exact) mass is 327 g/mol. The van der Waals surface area contributed by atoms with Crippen LogP contribution in [-0.4, -0.2) is 25.9 Å². The Kier molecular flexibility index (Phi) is 5.67. The highest BCUT2D eigenvalue weighted by Gasteiger charge is 2.17. The number of hydrogen-bond donors (Lipinski definition) is 1. The summed E-state index contributed by atoms with van der Waals surface area (Å²) in [7, 11) is 1.68. The molecule has 1 fully saturated rings. The average Bonchev–Trinajstić information content (AvgIpc) is 2.92. The maximum absolute atomic E-state index is 6.23. The van der Waals surface area contributed by atoms with E-state index in [2.05, 4.69) is 22.0 Å². The molecule has 1 aliphatic heterocycles. The van der Waals surface area contributed by atoms with Crippen LogP contribution in [0.1, 0.15) is 31.2 Å². The fourth-order valence-corrected chi connectivity index (χ4v) is 2.90. The molecule has 1 aromatic rings. The molecule has 106 valence electrons. The first-order chi connectivity index (χ1) is 9.19. The second-order valence-corrected chi connectivity index (χ2v) is 5.99. The van der Waals surface area contributed by atoms with E-state index in [1.165, 1.54) is 18.4 Å². The van der Waals surface area contributed by atoms with E-state index >= 15 is 0 Å². The summed E-state index contributed by atoms with van der Waals surface area (Å²) in [4.78, 5) is 0. The van der Waals surface area contributed by atoms with Crippen LogP contribution in [0.3, 0.4) is 0 Å². The number of hydrogen-bond acceptors (Lipinski definition) is 3. The zero-order valence-electron chi connectivity index (χ0n) is 11.4. The lowest BCUT2D eigenvalue weighted by Gasteiger charge is -2.16. The predicted molar refractivity (Wildman–Crippen MR) is 80.6 cm³/mol. The molecule has 2 rings (SSSR count). The van der Waals surface area contributed by atoms with Crippen molar-refractivity contribution in [3.05, 3.63) is 28.2 Å². The Morgan fingerprint density at radius 2 is 2.37 bits per heavy atom. The number of halogens is 1. The zero-order chi connectivity index (χ0) is 13.7. The van der Waals surface area contributed by atoms with Crippen molar-refractivity contribution in [2.75, 3.05) is 13.7 Å². The molecule has 3 nitrogen and oxygen atoms in total. The minimum absolute atomic E-state index is 0.174. The quantitative estimate of drug-likeness (QED) is 0.871. The first kappa shape index (κ1) is 14.8. The molecule has 1 saturated heterocycles. The lowest BCUT2D eigenvalue weighted by Crippen LogP contribution is -2.24. The van der Waals surface area contributed by atoms with Gasteiger partial charge in [0.25, 0.3) is 0 Å². The average molecular weight is 328 g/mol. The van der Waals surface area contributed by atoms with Crippen LogP contribution >= 0.6 is 15.9 Å². The smallest absolute Gasteiger partial charge is 0.119 e. The summed E-state index contributed by atoms with van der Waals surface area (Å²) in [6, 6.07) is 6.19. The highest BCUT2D eigenvalue weighted by Crippen LogP contribution is 2.25. The van der Waals surface area contributed by atoms with E-state index in [0.29, 0.717) is 6.10 Å². The third-order valence-corrected chi connectivity index (χ3v) is 4.39. The van der Waals surface area contributed by atoms with Gasteiger partial charge in [-0.15, -0.1) is 0 Å². The molecule has 0 spiro atoms. The van der Waals surface area contributed by atoms with E-state index in [9.17, 15) is 0 Å². The fraction of sp³-hybridized carbons (Fsp3) is 0.600. The number of ether oxygens (including phenoxy) is 2. The number of methoxy groups -OCH3 is 1. The van der Waals surface area contributed by atoms with Gasteiger partial charge < -0.3 is 15.2 Å². The maximum Gasteiger partial charge on any atom is 0.119 e. The standard InChI is InChI=1S/C15H22BrNO2/c1-18-14-6-7-15(16)11(10-14)9-12(17)4-5-13-3-2-8-19-13/h6-7,10,12-13H,2-5,8-9,17H2,1H3. The van der Waals surface area contributed by atoms with Crippen molar-refractivity contribution >= 4 is 15.9 Å². The molecular weight excluding hydrogens is 306 g/mol. The van der Waals surface area contributed by atoms with Gasteiger partial charge in [0.1, 0.15) is 5.75 Å². The minimum atomic E-state index is 0.174. The van der Waals surface area contributed by atoms with Gasteiger partial charge in [-0.1, -0.05) is 15.9 Å².